The van der Waals surface area contributed by atoms with Gasteiger partial charge in [-0.1, -0.05) is 30.5 Å². The standard InChI is InChI=1S/C26H36N2O5S/c1-4-26(32)12-9-20-18-6-5-16-13-17(28-33-14-22(29)27-21(15-34)23(30)31)7-10-24(16,2)19(18)8-11-25(20,26)3/h1,13,18-21,32,34H,5-12,14-15H2,2-3H3,(H,27,29)(H,30,31)/t18-,19-,20-,21-,24+,25+,26-/m1/s1. The summed E-state index contributed by atoms with van der Waals surface area (Å²) >= 11 is 3.93. The lowest BCUT2D eigenvalue weighted by Crippen LogP contribution is -2.54. The second-order valence-corrected chi connectivity index (χ2v) is 11.4. The van der Waals surface area contributed by atoms with Crippen LogP contribution in [0.25, 0.3) is 0 Å². The third-order valence-corrected chi connectivity index (χ3v) is 9.93. The summed E-state index contributed by atoms with van der Waals surface area (Å²) in [5, 5.41) is 26.7. The van der Waals surface area contributed by atoms with Gasteiger partial charge < -0.3 is 20.4 Å². The first-order chi connectivity index (χ1) is 16.1. The van der Waals surface area contributed by atoms with Crippen LogP contribution in [-0.4, -0.2) is 51.8 Å². The van der Waals surface area contributed by atoms with Gasteiger partial charge in [0.1, 0.15) is 11.6 Å². The lowest BCUT2D eigenvalue weighted by molar-refractivity contribution is -0.141. The Bertz CT molecular complexity index is 957. The van der Waals surface area contributed by atoms with Gasteiger partial charge in [-0.05, 0) is 80.6 Å². The second-order valence-electron chi connectivity index (χ2n) is 11.0. The predicted molar refractivity (Wildman–Crippen MR) is 132 cm³/mol. The van der Waals surface area contributed by atoms with Gasteiger partial charge in [-0.15, -0.1) is 6.42 Å². The van der Waals surface area contributed by atoms with E-state index in [1.54, 1.807) is 0 Å². The summed E-state index contributed by atoms with van der Waals surface area (Å²) in [5.41, 5.74) is 1.17. The maximum absolute atomic E-state index is 11.9. The number of aliphatic carboxylic acids is 1. The van der Waals surface area contributed by atoms with Crippen molar-refractivity contribution in [2.24, 2.45) is 33.7 Å². The number of terminal acetylenes is 1. The number of carbonyl (C=O) groups is 2. The first-order valence-corrected chi connectivity index (χ1v) is 12.9. The highest BCUT2D eigenvalue weighted by molar-refractivity contribution is 7.80. The molecule has 0 aromatic heterocycles. The third-order valence-electron chi connectivity index (χ3n) is 9.56. The number of amides is 1. The molecule has 0 radical (unpaired) electrons. The minimum absolute atomic E-state index is 0.00443. The van der Waals surface area contributed by atoms with Crippen LogP contribution in [0.15, 0.2) is 16.8 Å². The van der Waals surface area contributed by atoms with Crippen molar-refractivity contribution in [2.75, 3.05) is 12.4 Å². The van der Waals surface area contributed by atoms with Crippen LogP contribution in [0.5, 0.6) is 0 Å². The first-order valence-electron chi connectivity index (χ1n) is 12.3. The van der Waals surface area contributed by atoms with Gasteiger partial charge in [0.25, 0.3) is 5.91 Å². The molecular weight excluding hydrogens is 452 g/mol. The molecule has 4 aliphatic rings. The fraction of sp³-hybridized carbons (Fsp3) is 0.731. The molecule has 0 aliphatic heterocycles. The Labute approximate surface area is 207 Å². The zero-order valence-corrected chi connectivity index (χ0v) is 20.9. The molecule has 0 bridgehead atoms. The van der Waals surface area contributed by atoms with Crippen molar-refractivity contribution in [2.45, 2.75) is 76.9 Å². The van der Waals surface area contributed by atoms with E-state index in [2.05, 4.69) is 48.9 Å². The molecule has 186 valence electrons. The van der Waals surface area contributed by atoms with Crippen LogP contribution in [0.3, 0.4) is 0 Å². The number of fused-ring (bicyclic) bond motifs is 5. The van der Waals surface area contributed by atoms with Crippen molar-refractivity contribution in [3.8, 4) is 12.3 Å². The molecule has 1 amide bonds. The van der Waals surface area contributed by atoms with E-state index in [4.69, 9.17) is 16.4 Å². The van der Waals surface area contributed by atoms with Crippen LogP contribution in [-0.2, 0) is 14.4 Å². The zero-order valence-electron chi connectivity index (χ0n) is 20.0. The molecule has 3 N–H and O–H groups in total. The predicted octanol–water partition coefficient (Wildman–Crippen LogP) is 3.19. The van der Waals surface area contributed by atoms with E-state index in [1.807, 2.05) is 0 Å². The summed E-state index contributed by atoms with van der Waals surface area (Å²) in [6.45, 7) is 4.27. The van der Waals surface area contributed by atoms with E-state index in [-0.39, 0.29) is 23.2 Å². The van der Waals surface area contributed by atoms with Crippen LogP contribution in [0.4, 0.5) is 0 Å². The molecule has 4 rings (SSSR count). The van der Waals surface area contributed by atoms with Crippen LogP contribution >= 0.6 is 12.6 Å². The number of carboxylic acid groups (broad SMARTS) is 1. The molecule has 7 nitrogen and oxygen atoms in total. The molecule has 8 heteroatoms. The zero-order chi connectivity index (χ0) is 24.7. The van der Waals surface area contributed by atoms with Crippen LogP contribution in [0.1, 0.15) is 65.2 Å². The smallest absolute Gasteiger partial charge is 0.327 e. The third kappa shape index (κ3) is 4.05. The fourth-order valence-electron chi connectivity index (χ4n) is 7.49. The highest BCUT2D eigenvalue weighted by Crippen LogP contribution is 2.67. The minimum Gasteiger partial charge on any atom is -0.480 e. The van der Waals surface area contributed by atoms with E-state index >= 15 is 0 Å². The average Bonchev–Trinajstić information content (AvgIpc) is 3.08. The SMILES string of the molecule is C#C[C@@]1(O)CC[C@@H]2[C@@H]3CCC4=CC(=NOCC(=O)N[C@H](CS)C(=O)O)CC[C@]4(C)[C@@H]3CC[C@@]21C. The number of rotatable bonds is 6. The van der Waals surface area contributed by atoms with E-state index in [9.17, 15) is 14.7 Å². The Kier molecular flexibility index (Phi) is 6.82. The van der Waals surface area contributed by atoms with Gasteiger partial charge in [-0.3, -0.25) is 4.79 Å². The number of carboxylic acids is 1. The molecule has 0 heterocycles. The van der Waals surface area contributed by atoms with Crippen LogP contribution in [0, 0.1) is 40.9 Å². The minimum atomic E-state index is -1.13. The Morgan fingerprint density at radius 3 is 2.68 bits per heavy atom. The van der Waals surface area contributed by atoms with Crippen molar-refractivity contribution in [1.82, 2.24) is 5.32 Å². The van der Waals surface area contributed by atoms with Gasteiger partial charge >= 0.3 is 5.97 Å². The summed E-state index contributed by atoms with van der Waals surface area (Å²) in [7, 11) is 0. The Balaban J connectivity index is 1.42. The maximum Gasteiger partial charge on any atom is 0.327 e. The van der Waals surface area contributed by atoms with E-state index in [0.717, 1.165) is 50.7 Å². The summed E-state index contributed by atoms with van der Waals surface area (Å²) < 4.78 is 0. The van der Waals surface area contributed by atoms with Crippen molar-refractivity contribution in [1.29, 1.82) is 0 Å². The van der Waals surface area contributed by atoms with Crippen molar-refractivity contribution >= 4 is 30.2 Å². The topological polar surface area (TPSA) is 108 Å². The summed E-state index contributed by atoms with van der Waals surface area (Å²) in [4.78, 5) is 28.2. The van der Waals surface area contributed by atoms with Gasteiger partial charge in [0.2, 0.25) is 0 Å². The number of nitrogens with zero attached hydrogens (tertiary/aromatic N) is 1. The lowest BCUT2D eigenvalue weighted by Gasteiger charge is -2.58. The Morgan fingerprint density at radius 2 is 2.00 bits per heavy atom. The molecule has 3 fully saturated rings. The van der Waals surface area contributed by atoms with Gasteiger partial charge in [0.15, 0.2) is 6.61 Å². The number of nitrogens with one attached hydrogen (secondary N) is 1. The van der Waals surface area contributed by atoms with Crippen molar-refractivity contribution in [3.05, 3.63) is 11.6 Å². The fourth-order valence-corrected chi connectivity index (χ4v) is 7.74. The van der Waals surface area contributed by atoms with Gasteiger partial charge in [0.05, 0.1) is 5.71 Å². The van der Waals surface area contributed by atoms with E-state index < -0.39 is 23.5 Å². The highest BCUT2D eigenvalue weighted by atomic mass is 32.1. The van der Waals surface area contributed by atoms with Crippen molar-refractivity contribution in [3.63, 3.8) is 0 Å². The Hall–Kier alpha value is -1.98. The molecule has 7 atom stereocenters. The lowest BCUT2D eigenvalue weighted by atomic mass is 9.46. The number of hydrogen-bond acceptors (Lipinski definition) is 6. The summed E-state index contributed by atoms with van der Waals surface area (Å²) in [6.07, 6.45) is 15.5. The average molecular weight is 489 g/mol. The van der Waals surface area contributed by atoms with Crippen molar-refractivity contribution < 1.29 is 24.6 Å². The second kappa shape index (κ2) is 9.23. The van der Waals surface area contributed by atoms with Gasteiger partial charge in [-0.25, -0.2) is 4.79 Å². The quantitative estimate of drug-likeness (QED) is 0.261. The number of thiol groups is 1. The van der Waals surface area contributed by atoms with Crippen LogP contribution in [0.2, 0.25) is 0 Å². The number of aliphatic hydroxyl groups is 1. The Morgan fingerprint density at radius 1 is 1.26 bits per heavy atom. The van der Waals surface area contributed by atoms with Crippen LogP contribution < -0.4 is 5.32 Å². The molecule has 0 aromatic carbocycles. The molecule has 0 saturated heterocycles. The van der Waals surface area contributed by atoms with E-state index in [1.165, 1.54) is 5.57 Å². The summed E-state index contributed by atoms with van der Waals surface area (Å²) in [5.74, 6) is 2.71. The monoisotopic (exact) mass is 488 g/mol. The molecule has 0 unspecified atom stereocenters. The highest BCUT2D eigenvalue weighted by Gasteiger charge is 2.63. The molecule has 34 heavy (non-hydrogen) atoms. The number of hydrogen-bond donors (Lipinski definition) is 4. The number of allylic oxidation sites excluding steroid dienone is 2. The summed E-state index contributed by atoms with van der Waals surface area (Å²) in [6, 6.07) is -1.05. The molecule has 4 aliphatic carbocycles. The largest absolute Gasteiger partial charge is 0.480 e. The molecule has 3 saturated carbocycles. The normalized spacial score (nSPS) is 40.7. The first kappa shape index (κ1) is 25.1. The molecular formula is C26H36N2O5S. The number of carbonyl (C=O) groups excluding carboxylic acids is 1. The maximum atomic E-state index is 11.9. The molecule has 0 aromatic rings. The van der Waals surface area contributed by atoms with Gasteiger partial charge in [0, 0.05) is 11.2 Å². The molecule has 0 spiro atoms. The number of oxime groups is 1. The van der Waals surface area contributed by atoms with Gasteiger partial charge in [-0.2, -0.15) is 12.6 Å². The van der Waals surface area contributed by atoms with E-state index in [0.29, 0.717) is 24.2 Å².